The number of aromatic nitrogens is 1. The number of nitrogens with zero attached hydrogens (tertiary/aromatic N) is 1. The molecule has 2 rings (SSSR count). The molecule has 0 aliphatic heterocycles. The number of nitrogens with two attached hydrogens (primary N) is 1. The Labute approximate surface area is 252 Å². The van der Waals surface area contributed by atoms with Gasteiger partial charge < -0.3 is 32.1 Å². The van der Waals surface area contributed by atoms with Crippen LogP contribution in [-0.2, 0) is 25.6 Å². The molecule has 12 nitrogen and oxygen atoms in total. The Morgan fingerprint density at radius 1 is 0.886 bits per heavy atom. The Balaban J connectivity index is 2.20. The molecule has 0 bridgehead atoms. The minimum atomic E-state index is -5.10. The van der Waals surface area contributed by atoms with Crippen LogP contribution in [-0.4, -0.2) is 76.1 Å². The third-order valence-corrected chi connectivity index (χ3v) is 6.57. The number of pyridine rings is 1. The summed E-state index contributed by atoms with van der Waals surface area (Å²) in [5.74, 6) is -4.51. The summed E-state index contributed by atoms with van der Waals surface area (Å²) in [5, 5.41) is 19.3. The predicted molar refractivity (Wildman–Crippen MR) is 152 cm³/mol. The zero-order valence-corrected chi connectivity index (χ0v) is 24.4. The van der Waals surface area contributed by atoms with Crippen molar-refractivity contribution in [3.8, 4) is 0 Å². The second kappa shape index (κ2) is 16.4. The lowest BCUT2D eigenvalue weighted by atomic mass is 10.0. The number of nitrogens with one attached hydrogen (secondary N) is 4. The predicted octanol–water partition coefficient (Wildman–Crippen LogP) is 0.742. The SMILES string of the molecule is CC(C)[C@H](NC(=O)c1cccnc1)C(=O)N[C@@H](Cc1ccccc1)C(=O)N[C@@H](C)C(=O)NC(CCC(N)=O)C(O)C(F)(F)F. The summed E-state index contributed by atoms with van der Waals surface area (Å²) in [4.78, 5) is 67.1. The van der Waals surface area contributed by atoms with Crippen LogP contribution in [0, 0.1) is 5.92 Å². The molecular formula is C29H37F3N6O6. The number of hydrogen-bond acceptors (Lipinski definition) is 7. The van der Waals surface area contributed by atoms with Crippen molar-refractivity contribution in [2.75, 3.05) is 0 Å². The van der Waals surface area contributed by atoms with Gasteiger partial charge in [0.1, 0.15) is 18.1 Å². The maximum Gasteiger partial charge on any atom is 0.416 e. The topological polar surface area (TPSA) is 193 Å². The van der Waals surface area contributed by atoms with Gasteiger partial charge in [-0.15, -0.1) is 0 Å². The summed E-state index contributed by atoms with van der Waals surface area (Å²) in [6.07, 6.45) is -6.45. The molecule has 1 heterocycles. The molecule has 7 N–H and O–H groups in total. The Bertz CT molecular complexity index is 1280. The van der Waals surface area contributed by atoms with E-state index in [1.807, 2.05) is 5.32 Å². The van der Waals surface area contributed by atoms with Crippen LogP contribution >= 0.6 is 0 Å². The maximum absolute atomic E-state index is 13.3. The summed E-state index contributed by atoms with van der Waals surface area (Å²) in [7, 11) is 0. The fourth-order valence-electron chi connectivity index (χ4n) is 4.10. The van der Waals surface area contributed by atoms with Crippen LogP contribution in [0.4, 0.5) is 13.2 Å². The molecule has 15 heteroatoms. The molecule has 0 spiro atoms. The highest BCUT2D eigenvalue weighted by atomic mass is 19.4. The number of halogens is 3. The second-order valence-electron chi connectivity index (χ2n) is 10.5. The number of alkyl halides is 3. The Hall–Kier alpha value is -4.53. The first-order chi connectivity index (χ1) is 20.6. The van der Waals surface area contributed by atoms with Gasteiger partial charge in [-0.3, -0.25) is 29.0 Å². The summed E-state index contributed by atoms with van der Waals surface area (Å²) in [6, 6.07) is 6.00. The number of carbonyl (C=O) groups is 5. The normalized spacial score (nSPS) is 14.8. The van der Waals surface area contributed by atoms with E-state index in [2.05, 4.69) is 20.9 Å². The van der Waals surface area contributed by atoms with Crippen LogP contribution < -0.4 is 27.0 Å². The van der Waals surface area contributed by atoms with Gasteiger partial charge in [0.2, 0.25) is 23.6 Å². The number of carbonyl (C=O) groups excluding carboxylic acids is 5. The summed E-state index contributed by atoms with van der Waals surface area (Å²) < 4.78 is 39.5. The molecule has 0 radical (unpaired) electrons. The van der Waals surface area contributed by atoms with Crippen molar-refractivity contribution < 1.29 is 42.3 Å². The molecule has 0 saturated carbocycles. The third-order valence-electron chi connectivity index (χ3n) is 6.57. The number of aliphatic hydroxyl groups excluding tert-OH is 1. The summed E-state index contributed by atoms with van der Waals surface area (Å²) in [6.45, 7) is 4.58. The molecular weight excluding hydrogens is 585 g/mol. The van der Waals surface area contributed by atoms with Crippen LogP contribution in [0.15, 0.2) is 54.9 Å². The lowest BCUT2D eigenvalue weighted by Gasteiger charge is -2.28. The number of amides is 5. The van der Waals surface area contributed by atoms with E-state index >= 15 is 0 Å². The van der Waals surface area contributed by atoms with Gasteiger partial charge in [-0.05, 0) is 37.0 Å². The quantitative estimate of drug-likeness (QED) is 0.169. The van der Waals surface area contributed by atoms with Gasteiger partial charge in [0.15, 0.2) is 6.10 Å². The fourth-order valence-corrected chi connectivity index (χ4v) is 4.10. The van der Waals surface area contributed by atoms with E-state index in [-0.39, 0.29) is 12.0 Å². The van der Waals surface area contributed by atoms with Crippen LogP contribution in [0.5, 0.6) is 0 Å². The highest BCUT2D eigenvalue weighted by molar-refractivity contribution is 5.98. The monoisotopic (exact) mass is 622 g/mol. The number of rotatable bonds is 15. The minimum Gasteiger partial charge on any atom is -0.382 e. The highest BCUT2D eigenvalue weighted by Gasteiger charge is 2.44. The van der Waals surface area contributed by atoms with E-state index < -0.39 is 84.7 Å². The number of primary amides is 1. The highest BCUT2D eigenvalue weighted by Crippen LogP contribution is 2.24. The van der Waals surface area contributed by atoms with E-state index in [4.69, 9.17) is 5.73 Å². The van der Waals surface area contributed by atoms with Gasteiger partial charge in [-0.25, -0.2) is 0 Å². The van der Waals surface area contributed by atoms with E-state index in [1.165, 1.54) is 25.4 Å². The van der Waals surface area contributed by atoms with E-state index in [0.717, 1.165) is 0 Å². The van der Waals surface area contributed by atoms with Gasteiger partial charge in [0, 0.05) is 25.2 Å². The molecule has 0 saturated heterocycles. The molecule has 2 aromatic rings. The lowest BCUT2D eigenvalue weighted by Crippen LogP contribution is -2.59. The van der Waals surface area contributed by atoms with Crippen molar-refractivity contribution in [2.45, 2.75) is 76.5 Å². The molecule has 1 aromatic carbocycles. The molecule has 5 amide bonds. The van der Waals surface area contributed by atoms with Gasteiger partial charge in [0.05, 0.1) is 11.6 Å². The Morgan fingerprint density at radius 3 is 2.09 bits per heavy atom. The molecule has 0 fully saturated rings. The number of hydrogen-bond donors (Lipinski definition) is 6. The van der Waals surface area contributed by atoms with Gasteiger partial charge >= 0.3 is 6.18 Å². The Morgan fingerprint density at radius 2 is 1.55 bits per heavy atom. The summed E-state index contributed by atoms with van der Waals surface area (Å²) >= 11 is 0. The Kier molecular flexibility index (Phi) is 13.3. The maximum atomic E-state index is 13.3. The van der Waals surface area contributed by atoms with Crippen molar-refractivity contribution in [1.29, 1.82) is 0 Å². The fraction of sp³-hybridized carbons (Fsp3) is 0.448. The van der Waals surface area contributed by atoms with E-state index in [9.17, 15) is 42.3 Å². The molecule has 5 atom stereocenters. The molecule has 1 aromatic heterocycles. The van der Waals surface area contributed by atoms with E-state index in [1.54, 1.807) is 50.2 Å². The summed E-state index contributed by atoms with van der Waals surface area (Å²) in [5.41, 5.74) is 5.87. The number of aliphatic hydroxyl groups is 1. The van der Waals surface area contributed by atoms with Crippen molar-refractivity contribution in [1.82, 2.24) is 26.3 Å². The molecule has 0 aliphatic rings. The molecule has 2 unspecified atom stereocenters. The van der Waals surface area contributed by atoms with Crippen LogP contribution in [0.25, 0.3) is 0 Å². The van der Waals surface area contributed by atoms with Crippen molar-refractivity contribution in [2.24, 2.45) is 11.7 Å². The molecule has 0 aliphatic carbocycles. The van der Waals surface area contributed by atoms with Gasteiger partial charge in [0.25, 0.3) is 5.91 Å². The molecule has 44 heavy (non-hydrogen) atoms. The first-order valence-electron chi connectivity index (χ1n) is 13.8. The van der Waals surface area contributed by atoms with Crippen LogP contribution in [0.3, 0.4) is 0 Å². The first-order valence-corrected chi connectivity index (χ1v) is 13.8. The van der Waals surface area contributed by atoms with Crippen LogP contribution in [0.2, 0.25) is 0 Å². The van der Waals surface area contributed by atoms with Crippen molar-refractivity contribution in [3.63, 3.8) is 0 Å². The molecule has 240 valence electrons. The van der Waals surface area contributed by atoms with Crippen molar-refractivity contribution in [3.05, 3.63) is 66.0 Å². The lowest BCUT2D eigenvalue weighted by molar-refractivity contribution is -0.212. The average molecular weight is 623 g/mol. The largest absolute Gasteiger partial charge is 0.416 e. The second-order valence-corrected chi connectivity index (χ2v) is 10.5. The third kappa shape index (κ3) is 11.3. The van der Waals surface area contributed by atoms with Crippen molar-refractivity contribution >= 4 is 29.5 Å². The van der Waals surface area contributed by atoms with Gasteiger partial charge in [-0.1, -0.05) is 44.2 Å². The van der Waals surface area contributed by atoms with E-state index in [0.29, 0.717) is 5.56 Å². The van der Waals surface area contributed by atoms with Gasteiger partial charge in [-0.2, -0.15) is 13.2 Å². The zero-order valence-electron chi connectivity index (χ0n) is 24.4. The number of benzene rings is 1. The first kappa shape index (κ1) is 35.7. The van der Waals surface area contributed by atoms with Crippen LogP contribution in [0.1, 0.15) is 49.5 Å². The standard InChI is InChI=1S/C29H37F3N6O6/c1-16(2)23(38-26(42)19-10-7-13-34-15-19)28(44)37-21(14-18-8-5-4-6-9-18)27(43)35-17(3)25(41)36-20(11-12-22(33)39)24(40)29(30,31)32/h4-10,13,15-17,20-21,23-24,40H,11-12,14H2,1-3H3,(H2,33,39)(H,35,43)(H,36,41)(H,37,44)(H,38,42)/t17-,20?,21-,23-,24?/m0/s1. The zero-order chi connectivity index (χ0) is 33.0. The average Bonchev–Trinajstić information content (AvgIpc) is 2.97. The minimum absolute atomic E-state index is 0.0257. The smallest absolute Gasteiger partial charge is 0.382 e.